The zero-order valence-electron chi connectivity index (χ0n) is 10.2. The smallest absolute Gasteiger partial charge is 0.274 e. The van der Waals surface area contributed by atoms with E-state index in [2.05, 4.69) is 0 Å². The van der Waals surface area contributed by atoms with Crippen molar-refractivity contribution in [3.8, 4) is 11.5 Å². The van der Waals surface area contributed by atoms with Gasteiger partial charge in [-0.1, -0.05) is 24.3 Å². The lowest BCUT2D eigenvalue weighted by atomic mass is 9.99. The summed E-state index contributed by atoms with van der Waals surface area (Å²) in [6.45, 7) is 0. The molecule has 100 valence electrons. The van der Waals surface area contributed by atoms with Gasteiger partial charge < -0.3 is 10.2 Å². The predicted octanol–water partition coefficient (Wildman–Crippen LogP) is 1.73. The van der Waals surface area contributed by atoms with Crippen molar-refractivity contribution in [1.82, 2.24) is 0 Å². The highest BCUT2D eigenvalue weighted by molar-refractivity contribution is 6.70. The van der Waals surface area contributed by atoms with Gasteiger partial charge >= 0.3 is 0 Å². The van der Waals surface area contributed by atoms with E-state index in [1.807, 2.05) is 0 Å². The topological polar surface area (TPSA) is 91.7 Å². The van der Waals surface area contributed by atoms with Crippen LogP contribution in [-0.4, -0.2) is 27.6 Å². The summed E-state index contributed by atoms with van der Waals surface area (Å²) in [4.78, 5) is 35.6. The molecule has 5 nitrogen and oxygen atoms in total. The van der Waals surface area contributed by atoms with E-state index in [0.717, 1.165) is 0 Å². The second-order valence-corrected chi connectivity index (χ2v) is 4.02. The summed E-state index contributed by atoms with van der Waals surface area (Å²) in [5.74, 6) is -4.30. The third kappa shape index (κ3) is 2.42. The van der Waals surface area contributed by atoms with Crippen molar-refractivity contribution in [3.05, 3.63) is 59.7 Å². The summed E-state index contributed by atoms with van der Waals surface area (Å²) in [7, 11) is 0. The quantitative estimate of drug-likeness (QED) is 0.501. The van der Waals surface area contributed by atoms with Crippen molar-refractivity contribution in [1.29, 1.82) is 0 Å². The molecule has 0 saturated heterocycles. The minimum atomic E-state index is -1.31. The van der Waals surface area contributed by atoms with E-state index < -0.39 is 17.3 Å². The lowest BCUT2D eigenvalue weighted by Crippen LogP contribution is -2.24. The molecule has 0 unspecified atom stereocenters. The third-order valence-electron chi connectivity index (χ3n) is 2.71. The first kappa shape index (κ1) is 13.5. The molecule has 2 rings (SSSR count). The number of carbonyl (C=O) groups excluding carboxylic acids is 3. The molecule has 2 aromatic carbocycles. The van der Waals surface area contributed by atoms with E-state index in [1.54, 1.807) is 0 Å². The van der Waals surface area contributed by atoms with E-state index in [-0.39, 0.29) is 22.6 Å². The Morgan fingerprint density at radius 3 is 1.35 bits per heavy atom. The molecule has 0 bridgehead atoms. The molecule has 5 heteroatoms. The minimum absolute atomic E-state index is 0.249. The average Bonchev–Trinajstić information content (AvgIpc) is 2.46. The number of hydrogen-bond donors (Lipinski definition) is 2. The molecule has 0 heterocycles. The molecule has 0 aliphatic rings. The van der Waals surface area contributed by atoms with Gasteiger partial charge in [0.1, 0.15) is 11.5 Å². The number of benzene rings is 2. The fraction of sp³-hybridized carbons (Fsp3) is 0. The molecule has 2 aromatic rings. The van der Waals surface area contributed by atoms with Crippen LogP contribution in [0.15, 0.2) is 48.5 Å². The molecule has 0 aliphatic carbocycles. The standard InChI is InChI=1S/C15H10O5/c16-11-7-3-1-5-9(11)13(18)15(20)14(19)10-6-2-4-8-12(10)17/h1-8,16-17H. The Kier molecular flexibility index (Phi) is 3.61. The lowest BCUT2D eigenvalue weighted by molar-refractivity contribution is -0.111. The van der Waals surface area contributed by atoms with Gasteiger partial charge in [0.2, 0.25) is 11.6 Å². The normalized spacial score (nSPS) is 10.0. The summed E-state index contributed by atoms with van der Waals surface area (Å²) >= 11 is 0. The number of phenolic OH excluding ortho intramolecular Hbond substituents is 2. The van der Waals surface area contributed by atoms with Crippen LogP contribution in [0.25, 0.3) is 0 Å². The molecule has 0 atom stereocenters. The monoisotopic (exact) mass is 270 g/mol. The Morgan fingerprint density at radius 2 is 1.00 bits per heavy atom. The number of hydrogen-bond acceptors (Lipinski definition) is 5. The van der Waals surface area contributed by atoms with Crippen molar-refractivity contribution < 1.29 is 24.6 Å². The number of aromatic hydroxyl groups is 2. The van der Waals surface area contributed by atoms with Crippen LogP contribution in [0.5, 0.6) is 11.5 Å². The number of para-hydroxylation sites is 2. The molecule has 0 saturated carbocycles. The molecule has 0 aliphatic heterocycles. The van der Waals surface area contributed by atoms with Crippen LogP contribution in [-0.2, 0) is 4.79 Å². The molecule has 0 fully saturated rings. The largest absolute Gasteiger partial charge is 0.507 e. The Labute approximate surface area is 114 Å². The Hall–Kier alpha value is -2.95. The van der Waals surface area contributed by atoms with Gasteiger partial charge in [0.05, 0.1) is 11.1 Å². The molecule has 2 N–H and O–H groups in total. The van der Waals surface area contributed by atoms with Crippen LogP contribution in [0.3, 0.4) is 0 Å². The summed E-state index contributed by atoms with van der Waals surface area (Å²) in [6, 6.07) is 10.9. The van der Waals surface area contributed by atoms with Crippen LogP contribution in [0.4, 0.5) is 0 Å². The van der Waals surface area contributed by atoms with Gasteiger partial charge in [-0.05, 0) is 24.3 Å². The number of Topliss-reactive ketones (excluding diaryl/α,β-unsaturated/α-hetero) is 3. The Morgan fingerprint density at radius 1 is 0.650 bits per heavy atom. The first-order valence-corrected chi connectivity index (χ1v) is 5.71. The maximum atomic E-state index is 11.9. The summed E-state index contributed by atoms with van der Waals surface area (Å²) in [5, 5.41) is 19.0. The Balaban J connectivity index is 2.33. The van der Waals surface area contributed by atoms with E-state index >= 15 is 0 Å². The second kappa shape index (κ2) is 5.36. The molecule has 0 amide bonds. The zero-order valence-corrected chi connectivity index (χ0v) is 10.2. The molecule has 0 aromatic heterocycles. The SMILES string of the molecule is O=C(C(=O)c1ccccc1O)C(=O)c1ccccc1O. The van der Waals surface area contributed by atoms with E-state index in [9.17, 15) is 24.6 Å². The van der Waals surface area contributed by atoms with Crippen LogP contribution in [0, 0.1) is 0 Å². The summed E-state index contributed by atoms with van der Waals surface area (Å²) in [5.41, 5.74) is -0.498. The van der Waals surface area contributed by atoms with Crippen LogP contribution >= 0.6 is 0 Å². The van der Waals surface area contributed by atoms with Gasteiger partial charge in [0, 0.05) is 0 Å². The zero-order chi connectivity index (χ0) is 14.7. The van der Waals surface area contributed by atoms with Crippen LogP contribution in [0.1, 0.15) is 20.7 Å². The van der Waals surface area contributed by atoms with Crippen molar-refractivity contribution >= 4 is 17.3 Å². The third-order valence-corrected chi connectivity index (χ3v) is 2.71. The number of ketones is 3. The predicted molar refractivity (Wildman–Crippen MR) is 69.9 cm³/mol. The number of phenols is 2. The van der Waals surface area contributed by atoms with Crippen molar-refractivity contribution in [3.63, 3.8) is 0 Å². The highest BCUT2D eigenvalue weighted by Gasteiger charge is 2.28. The van der Waals surface area contributed by atoms with Gasteiger partial charge in [-0.2, -0.15) is 0 Å². The van der Waals surface area contributed by atoms with Gasteiger partial charge in [-0.15, -0.1) is 0 Å². The fourth-order valence-corrected chi connectivity index (χ4v) is 1.68. The van der Waals surface area contributed by atoms with Gasteiger partial charge in [0.25, 0.3) is 5.78 Å². The molecule has 20 heavy (non-hydrogen) atoms. The Bertz CT molecular complexity index is 643. The van der Waals surface area contributed by atoms with E-state index in [0.29, 0.717) is 0 Å². The highest BCUT2D eigenvalue weighted by Crippen LogP contribution is 2.20. The minimum Gasteiger partial charge on any atom is -0.507 e. The maximum absolute atomic E-state index is 11.9. The first-order valence-electron chi connectivity index (χ1n) is 5.71. The number of rotatable bonds is 4. The average molecular weight is 270 g/mol. The van der Waals surface area contributed by atoms with Gasteiger partial charge in [0.15, 0.2) is 0 Å². The highest BCUT2D eigenvalue weighted by atomic mass is 16.3. The van der Waals surface area contributed by atoms with Crippen LogP contribution < -0.4 is 0 Å². The summed E-state index contributed by atoms with van der Waals surface area (Å²) in [6.07, 6.45) is 0. The molecule has 0 spiro atoms. The van der Waals surface area contributed by atoms with Crippen molar-refractivity contribution in [2.24, 2.45) is 0 Å². The van der Waals surface area contributed by atoms with Gasteiger partial charge in [-0.25, -0.2) is 0 Å². The molecule has 0 radical (unpaired) electrons. The number of carbonyl (C=O) groups is 3. The van der Waals surface area contributed by atoms with Crippen molar-refractivity contribution in [2.75, 3.05) is 0 Å². The summed E-state index contributed by atoms with van der Waals surface area (Å²) < 4.78 is 0. The first-order chi connectivity index (χ1) is 9.52. The van der Waals surface area contributed by atoms with E-state index in [4.69, 9.17) is 0 Å². The van der Waals surface area contributed by atoms with Crippen LogP contribution in [0.2, 0.25) is 0 Å². The van der Waals surface area contributed by atoms with Crippen molar-refractivity contribution in [2.45, 2.75) is 0 Å². The second-order valence-electron chi connectivity index (χ2n) is 4.02. The molecular weight excluding hydrogens is 260 g/mol. The van der Waals surface area contributed by atoms with Gasteiger partial charge in [-0.3, -0.25) is 14.4 Å². The fourth-order valence-electron chi connectivity index (χ4n) is 1.68. The maximum Gasteiger partial charge on any atom is 0.274 e. The molecular formula is C15H10O5. The van der Waals surface area contributed by atoms with E-state index in [1.165, 1.54) is 48.5 Å². The lowest BCUT2D eigenvalue weighted by Gasteiger charge is -2.03.